The Morgan fingerprint density at radius 1 is 1.28 bits per heavy atom. The molecule has 2 aromatic rings. The van der Waals surface area contributed by atoms with Crippen molar-refractivity contribution in [3.05, 3.63) is 34.2 Å². The van der Waals surface area contributed by atoms with Crippen LogP contribution in [-0.4, -0.2) is 35.8 Å². The lowest BCUT2D eigenvalue weighted by Crippen LogP contribution is -2.38. The molecule has 0 aliphatic carbocycles. The van der Waals surface area contributed by atoms with Gasteiger partial charge < -0.3 is 20.0 Å². The van der Waals surface area contributed by atoms with Gasteiger partial charge in [0.15, 0.2) is 0 Å². The van der Waals surface area contributed by atoms with Crippen LogP contribution < -0.4 is 11.0 Å². The predicted molar refractivity (Wildman–Crippen MR) is 69.9 cm³/mol. The average Bonchev–Trinajstić information content (AvgIpc) is 2.77. The minimum Gasteiger partial charge on any atom is -0.376 e. The number of morpholine rings is 1. The van der Waals surface area contributed by atoms with E-state index in [-0.39, 0.29) is 5.69 Å². The van der Waals surface area contributed by atoms with E-state index >= 15 is 0 Å². The first kappa shape index (κ1) is 11.5. The van der Waals surface area contributed by atoms with Crippen LogP contribution in [-0.2, 0) is 11.2 Å². The quantitative estimate of drug-likeness (QED) is 0.750. The molecule has 1 aromatic carbocycles. The Bertz CT molecular complexity index is 581. The molecule has 3 rings (SSSR count). The highest BCUT2D eigenvalue weighted by atomic mass is 16.5. The van der Waals surface area contributed by atoms with E-state index in [4.69, 9.17) is 4.74 Å². The van der Waals surface area contributed by atoms with Crippen LogP contribution in [0.1, 0.15) is 12.0 Å². The number of ether oxygens (including phenoxy) is 1. The molecule has 5 heteroatoms. The van der Waals surface area contributed by atoms with Gasteiger partial charge in [0, 0.05) is 13.1 Å². The fraction of sp³-hybridized carbons (Fsp3) is 0.462. The average molecular weight is 247 g/mol. The predicted octanol–water partition coefficient (Wildman–Crippen LogP) is 0.777. The lowest BCUT2D eigenvalue weighted by Gasteiger charge is -2.23. The molecule has 1 fully saturated rings. The maximum Gasteiger partial charge on any atom is 0.323 e. The number of hydrogen-bond donors (Lipinski definition) is 3. The first-order valence-corrected chi connectivity index (χ1v) is 6.34. The molecular weight excluding hydrogens is 230 g/mol. The van der Waals surface area contributed by atoms with E-state index < -0.39 is 0 Å². The van der Waals surface area contributed by atoms with Crippen LogP contribution in [0.4, 0.5) is 0 Å². The standard InChI is InChI=1S/C13H17N3O2/c17-13-15-11-4-2-9(7-12(11)16-13)1-3-10-8-14-5-6-18-10/h2,4,7,10,14H,1,3,5-6,8H2,(H2,15,16,17). The Balaban J connectivity index is 1.68. The van der Waals surface area contributed by atoms with E-state index in [1.165, 1.54) is 5.56 Å². The molecule has 3 N–H and O–H groups in total. The molecule has 0 saturated carbocycles. The smallest absolute Gasteiger partial charge is 0.323 e. The zero-order valence-electron chi connectivity index (χ0n) is 10.2. The van der Waals surface area contributed by atoms with Gasteiger partial charge in [-0.25, -0.2) is 4.79 Å². The molecule has 1 aromatic heterocycles. The number of H-pyrrole nitrogens is 2. The fourth-order valence-corrected chi connectivity index (χ4v) is 2.37. The number of benzene rings is 1. The summed E-state index contributed by atoms with van der Waals surface area (Å²) in [6.45, 7) is 2.69. The first-order valence-electron chi connectivity index (χ1n) is 6.34. The molecule has 1 saturated heterocycles. The summed E-state index contributed by atoms with van der Waals surface area (Å²) in [6.07, 6.45) is 2.28. The van der Waals surface area contributed by atoms with Gasteiger partial charge in [0.25, 0.3) is 0 Å². The van der Waals surface area contributed by atoms with E-state index in [1.807, 2.05) is 12.1 Å². The zero-order chi connectivity index (χ0) is 12.4. The van der Waals surface area contributed by atoms with Crippen LogP contribution in [0.5, 0.6) is 0 Å². The van der Waals surface area contributed by atoms with Gasteiger partial charge in [0.1, 0.15) is 0 Å². The van der Waals surface area contributed by atoms with Gasteiger partial charge in [-0.05, 0) is 30.5 Å². The number of nitrogens with one attached hydrogen (secondary N) is 3. The summed E-state index contributed by atoms with van der Waals surface area (Å²) in [6, 6.07) is 6.04. The molecule has 18 heavy (non-hydrogen) atoms. The molecule has 1 aliphatic heterocycles. The summed E-state index contributed by atoms with van der Waals surface area (Å²) in [4.78, 5) is 16.7. The third-order valence-electron chi connectivity index (χ3n) is 3.34. The van der Waals surface area contributed by atoms with Crippen molar-refractivity contribution in [3.8, 4) is 0 Å². The molecule has 1 atom stereocenters. The van der Waals surface area contributed by atoms with Gasteiger partial charge in [0.05, 0.1) is 23.7 Å². The number of aryl methyl sites for hydroxylation is 1. The molecule has 1 unspecified atom stereocenters. The van der Waals surface area contributed by atoms with Crippen molar-refractivity contribution in [1.29, 1.82) is 0 Å². The SMILES string of the molecule is O=c1[nH]c2ccc(CCC3CNCCO3)cc2[nH]1. The van der Waals surface area contributed by atoms with Crippen LogP contribution in [0.25, 0.3) is 11.0 Å². The number of hydrogen-bond acceptors (Lipinski definition) is 3. The summed E-state index contributed by atoms with van der Waals surface area (Å²) >= 11 is 0. The number of aromatic amines is 2. The third-order valence-corrected chi connectivity index (χ3v) is 3.34. The molecule has 2 heterocycles. The van der Waals surface area contributed by atoms with E-state index in [9.17, 15) is 4.79 Å². The molecule has 0 spiro atoms. The first-order chi connectivity index (χ1) is 8.81. The second-order valence-corrected chi connectivity index (χ2v) is 4.69. The van der Waals surface area contributed by atoms with Gasteiger partial charge in [-0.1, -0.05) is 6.07 Å². The highest BCUT2D eigenvalue weighted by molar-refractivity contribution is 5.74. The van der Waals surface area contributed by atoms with Gasteiger partial charge in [-0.15, -0.1) is 0 Å². The highest BCUT2D eigenvalue weighted by Gasteiger charge is 2.13. The van der Waals surface area contributed by atoms with E-state index in [0.29, 0.717) is 6.10 Å². The van der Waals surface area contributed by atoms with Crippen LogP contribution in [0.3, 0.4) is 0 Å². The normalized spacial score (nSPS) is 20.3. The van der Waals surface area contributed by atoms with Crippen LogP contribution in [0.15, 0.2) is 23.0 Å². The molecular formula is C13H17N3O2. The van der Waals surface area contributed by atoms with Gasteiger partial charge in [0.2, 0.25) is 0 Å². The minimum atomic E-state index is -0.151. The Morgan fingerprint density at radius 3 is 3.00 bits per heavy atom. The monoisotopic (exact) mass is 247 g/mol. The topological polar surface area (TPSA) is 69.9 Å². The van der Waals surface area contributed by atoms with Gasteiger partial charge >= 0.3 is 5.69 Å². The number of aromatic nitrogens is 2. The van der Waals surface area contributed by atoms with Crippen molar-refractivity contribution in [2.45, 2.75) is 18.9 Å². The largest absolute Gasteiger partial charge is 0.376 e. The zero-order valence-corrected chi connectivity index (χ0v) is 10.2. The minimum absolute atomic E-state index is 0.151. The molecule has 96 valence electrons. The molecule has 1 aliphatic rings. The highest BCUT2D eigenvalue weighted by Crippen LogP contribution is 2.13. The van der Waals surface area contributed by atoms with Crippen molar-refractivity contribution < 1.29 is 4.74 Å². The van der Waals surface area contributed by atoms with Crippen molar-refractivity contribution in [2.24, 2.45) is 0 Å². The maximum absolute atomic E-state index is 11.2. The van der Waals surface area contributed by atoms with E-state index in [0.717, 1.165) is 43.6 Å². The fourth-order valence-electron chi connectivity index (χ4n) is 2.37. The van der Waals surface area contributed by atoms with Gasteiger partial charge in [-0.3, -0.25) is 0 Å². The molecule has 0 amide bonds. The lowest BCUT2D eigenvalue weighted by molar-refractivity contribution is 0.0238. The third kappa shape index (κ3) is 2.47. The summed E-state index contributed by atoms with van der Waals surface area (Å²) in [5.74, 6) is 0. The second-order valence-electron chi connectivity index (χ2n) is 4.69. The number of imidazole rings is 1. The Kier molecular flexibility index (Phi) is 3.17. The van der Waals surface area contributed by atoms with E-state index in [2.05, 4.69) is 21.4 Å². The van der Waals surface area contributed by atoms with Crippen LogP contribution >= 0.6 is 0 Å². The summed E-state index contributed by atoms with van der Waals surface area (Å²) in [7, 11) is 0. The van der Waals surface area contributed by atoms with Gasteiger partial charge in [-0.2, -0.15) is 0 Å². The number of rotatable bonds is 3. The van der Waals surface area contributed by atoms with Crippen LogP contribution in [0, 0.1) is 0 Å². The lowest BCUT2D eigenvalue weighted by atomic mass is 10.1. The van der Waals surface area contributed by atoms with Crippen molar-refractivity contribution in [1.82, 2.24) is 15.3 Å². The Morgan fingerprint density at radius 2 is 2.17 bits per heavy atom. The van der Waals surface area contributed by atoms with Crippen LogP contribution in [0.2, 0.25) is 0 Å². The summed E-state index contributed by atoms with van der Waals surface area (Å²) in [5, 5.41) is 3.33. The Hall–Kier alpha value is -1.59. The van der Waals surface area contributed by atoms with Crippen molar-refractivity contribution in [3.63, 3.8) is 0 Å². The van der Waals surface area contributed by atoms with E-state index in [1.54, 1.807) is 0 Å². The number of fused-ring (bicyclic) bond motifs is 1. The maximum atomic E-state index is 11.2. The molecule has 0 radical (unpaired) electrons. The summed E-state index contributed by atoms with van der Waals surface area (Å²) < 4.78 is 5.66. The van der Waals surface area contributed by atoms with Crippen molar-refractivity contribution in [2.75, 3.05) is 19.7 Å². The molecule has 5 nitrogen and oxygen atoms in total. The molecule has 0 bridgehead atoms. The Labute approximate surface area is 105 Å². The van der Waals surface area contributed by atoms with Crippen molar-refractivity contribution >= 4 is 11.0 Å². The summed E-state index contributed by atoms with van der Waals surface area (Å²) in [5.41, 5.74) is 2.81. The second kappa shape index (κ2) is 4.96.